The molecular weight excluding hydrogens is 207 g/mol. The summed E-state index contributed by atoms with van der Waals surface area (Å²) >= 11 is 0. The van der Waals surface area contributed by atoms with Gasteiger partial charge >= 0.3 is 0 Å². The Kier molecular flexibility index (Phi) is 3.51. The highest BCUT2D eigenvalue weighted by atomic mass is 19.1. The molecule has 0 aromatic carbocycles. The second-order valence-corrected chi connectivity index (χ2v) is 4.52. The first-order chi connectivity index (χ1) is 7.68. The molecule has 16 heavy (non-hydrogen) atoms. The molecule has 1 N–H and O–H groups in total. The van der Waals surface area contributed by atoms with Crippen LogP contribution < -0.4 is 5.32 Å². The Morgan fingerprint density at radius 1 is 1.56 bits per heavy atom. The number of hydrogen-bond acceptors (Lipinski definition) is 3. The predicted octanol–water partition coefficient (Wildman–Crippen LogP) is 1.88. The van der Waals surface area contributed by atoms with Crippen molar-refractivity contribution in [2.45, 2.75) is 31.9 Å². The lowest BCUT2D eigenvalue weighted by molar-refractivity contribution is 0.0207. The Hall–Kier alpha value is -1.00. The van der Waals surface area contributed by atoms with Crippen LogP contribution in [0.4, 0.5) is 4.39 Å². The van der Waals surface area contributed by atoms with Gasteiger partial charge in [-0.25, -0.2) is 4.39 Å². The fraction of sp³-hybridized carbons (Fsp3) is 0.583. The third kappa shape index (κ3) is 3.00. The smallest absolute Gasteiger partial charge is 0.141 e. The summed E-state index contributed by atoms with van der Waals surface area (Å²) in [6, 6.07) is 1.50. The van der Waals surface area contributed by atoms with Crippen LogP contribution in [0.25, 0.3) is 0 Å². The molecule has 0 amide bonds. The number of pyridine rings is 1. The number of aromatic nitrogens is 1. The largest absolute Gasteiger partial charge is 0.374 e. The minimum atomic E-state index is -0.289. The van der Waals surface area contributed by atoms with E-state index in [0.717, 1.165) is 31.6 Å². The van der Waals surface area contributed by atoms with Crippen LogP contribution in [-0.4, -0.2) is 23.7 Å². The van der Waals surface area contributed by atoms with Gasteiger partial charge in [0.1, 0.15) is 5.82 Å². The second-order valence-electron chi connectivity index (χ2n) is 4.52. The van der Waals surface area contributed by atoms with Crippen LogP contribution in [0.5, 0.6) is 0 Å². The Morgan fingerprint density at radius 3 is 3.12 bits per heavy atom. The monoisotopic (exact) mass is 224 g/mol. The molecule has 1 unspecified atom stereocenters. The molecule has 0 saturated carbocycles. The maximum absolute atomic E-state index is 12.9. The molecule has 0 spiro atoms. The standard InChI is InChI=1S/C12H17FN2O/c1-12(3-2-4-16-12)9-15-7-10-5-11(13)8-14-6-10/h5-6,8,15H,2-4,7,9H2,1H3. The number of nitrogens with one attached hydrogen (secondary N) is 1. The first kappa shape index (κ1) is 11.5. The molecule has 0 bridgehead atoms. The van der Waals surface area contributed by atoms with Crippen LogP contribution in [0.1, 0.15) is 25.3 Å². The minimum absolute atomic E-state index is 0.0548. The molecule has 2 rings (SSSR count). The molecule has 1 fully saturated rings. The van der Waals surface area contributed by atoms with Crippen molar-refractivity contribution in [1.29, 1.82) is 0 Å². The van der Waals surface area contributed by atoms with E-state index in [1.165, 1.54) is 12.3 Å². The predicted molar refractivity (Wildman–Crippen MR) is 59.5 cm³/mol. The van der Waals surface area contributed by atoms with Crippen LogP contribution in [0.3, 0.4) is 0 Å². The van der Waals surface area contributed by atoms with E-state index in [1.54, 1.807) is 6.20 Å². The van der Waals surface area contributed by atoms with Gasteiger partial charge in [0, 0.05) is 25.9 Å². The molecule has 1 aromatic heterocycles. The zero-order valence-corrected chi connectivity index (χ0v) is 9.50. The van der Waals surface area contributed by atoms with Crippen molar-refractivity contribution in [2.24, 2.45) is 0 Å². The summed E-state index contributed by atoms with van der Waals surface area (Å²) < 4.78 is 18.5. The van der Waals surface area contributed by atoms with Gasteiger partial charge in [-0.3, -0.25) is 4.98 Å². The van der Waals surface area contributed by atoms with Crippen molar-refractivity contribution in [1.82, 2.24) is 10.3 Å². The quantitative estimate of drug-likeness (QED) is 0.848. The van der Waals surface area contributed by atoms with Gasteiger partial charge in [0.05, 0.1) is 11.8 Å². The van der Waals surface area contributed by atoms with E-state index in [9.17, 15) is 4.39 Å². The average molecular weight is 224 g/mol. The Balaban J connectivity index is 1.79. The van der Waals surface area contributed by atoms with Gasteiger partial charge in [0.2, 0.25) is 0 Å². The van der Waals surface area contributed by atoms with Gasteiger partial charge in [0.25, 0.3) is 0 Å². The van der Waals surface area contributed by atoms with Crippen molar-refractivity contribution in [3.8, 4) is 0 Å². The first-order valence-electron chi connectivity index (χ1n) is 5.62. The SMILES string of the molecule is CC1(CNCc2cncc(F)c2)CCCO1. The van der Waals surface area contributed by atoms with E-state index < -0.39 is 0 Å². The second kappa shape index (κ2) is 4.89. The molecular formula is C12H17FN2O. The van der Waals surface area contributed by atoms with Crippen molar-refractivity contribution in [2.75, 3.05) is 13.2 Å². The zero-order chi connectivity index (χ0) is 11.4. The van der Waals surface area contributed by atoms with E-state index >= 15 is 0 Å². The van der Waals surface area contributed by atoms with Crippen LogP contribution in [0.15, 0.2) is 18.5 Å². The van der Waals surface area contributed by atoms with Crippen molar-refractivity contribution >= 4 is 0 Å². The first-order valence-corrected chi connectivity index (χ1v) is 5.62. The van der Waals surface area contributed by atoms with Crippen LogP contribution in [0.2, 0.25) is 0 Å². The summed E-state index contributed by atoms with van der Waals surface area (Å²) in [5, 5.41) is 3.28. The van der Waals surface area contributed by atoms with E-state index in [-0.39, 0.29) is 11.4 Å². The van der Waals surface area contributed by atoms with Gasteiger partial charge in [-0.15, -0.1) is 0 Å². The number of ether oxygens (including phenoxy) is 1. The number of rotatable bonds is 4. The van der Waals surface area contributed by atoms with E-state index in [2.05, 4.69) is 17.2 Å². The highest BCUT2D eigenvalue weighted by molar-refractivity contribution is 5.09. The van der Waals surface area contributed by atoms with Crippen LogP contribution in [0, 0.1) is 5.82 Å². The molecule has 1 saturated heterocycles. The molecule has 2 heterocycles. The van der Waals surface area contributed by atoms with Crippen molar-refractivity contribution < 1.29 is 9.13 Å². The van der Waals surface area contributed by atoms with Crippen molar-refractivity contribution in [3.05, 3.63) is 29.8 Å². The van der Waals surface area contributed by atoms with Gasteiger partial charge in [0.15, 0.2) is 0 Å². The number of nitrogens with zero attached hydrogens (tertiary/aromatic N) is 1. The minimum Gasteiger partial charge on any atom is -0.374 e. The third-order valence-electron chi connectivity index (χ3n) is 2.89. The number of halogens is 1. The zero-order valence-electron chi connectivity index (χ0n) is 9.50. The summed E-state index contributed by atoms with van der Waals surface area (Å²) in [5.74, 6) is -0.289. The summed E-state index contributed by atoms with van der Waals surface area (Å²) in [6.45, 7) is 4.38. The Labute approximate surface area is 95.0 Å². The lowest BCUT2D eigenvalue weighted by Gasteiger charge is -2.23. The third-order valence-corrected chi connectivity index (χ3v) is 2.89. The average Bonchev–Trinajstić information content (AvgIpc) is 2.65. The molecule has 0 aliphatic carbocycles. The fourth-order valence-corrected chi connectivity index (χ4v) is 2.00. The lowest BCUT2D eigenvalue weighted by Crippen LogP contribution is -2.36. The molecule has 0 radical (unpaired) electrons. The molecule has 1 aliphatic rings. The highest BCUT2D eigenvalue weighted by Gasteiger charge is 2.28. The van der Waals surface area contributed by atoms with Crippen molar-refractivity contribution in [3.63, 3.8) is 0 Å². The van der Waals surface area contributed by atoms with Gasteiger partial charge in [-0.1, -0.05) is 0 Å². The molecule has 3 nitrogen and oxygen atoms in total. The summed E-state index contributed by atoms with van der Waals surface area (Å²) in [4.78, 5) is 3.81. The van der Waals surface area contributed by atoms with Gasteiger partial charge < -0.3 is 10.1 Å². The Bertz CT molecular complexity index is 351. The lowest BCUT2D eigenvalue weighted by atomic mass is 10.0. The van der Waals surface area contributed by atoms with Crippen LogP contribution >= 0.6 is 0 Å². The molecule has 1 atom stereocenters. The summed E-state index contributed by atoms with van der Waals surface area (Å²) in [7, 11) is 0. The normalized spacial score (nSPS) is 24.9. The maximum atomic E-state index is 12.9. The fourth-order valence-electron chi connectivity index (χ4n) is 2.00. The van der Waals surface area contributed by atoms with Gasteiger partial charge in [-0.2, -0.15) is 0 Å². The summed E-state index contributed by atoms with van der Waals surface area (Å²) in [5.41, 5.74) is 0.808. The maximum Gasteiger partial charge on any atom is 0.141 e. The molecule has 4 heteroatoms. The highest BCUT2D eigenvalue weighted by Crippen LogP contribution is 2.23. The van der Waals surface area contributed by atoms with E-state index in [4.69, 9.17) is 4.74 Å². The van der Waals surface area contributed by atoms with E-state index in [1.807, 2.05) is 0 Å². The number of hydrogen-bond donors (Lipinski definition) is 1. The molecule has 88 valence electrons. The summed E-state index contributed by atoms with van der Waals surface area (Å²) in [6.07, 6.45) is 5.10. The van der Waals surface area contributed by atoms with E-state index in [0.29, 0.717) is 6.54 Å². The topological polar surface area (TPSA) is 34.2 Å². The Morgan fingerprint density at radius 2 is 2.44 bits per heavy atom. The molecule has 1 aromatic rings. The van der Waals surface area contributed by atoms with Crippen LogP contribution in [-0.2, 0) is 11.3 Å². The molecule has 1 aliphatic heterocycles. The van der Waals surface area contributed by atoms with Gasteiger partial charge in [-0.05, 0) is 31.4 Å².